The molecule has 3 heterocycles. The first kappa shape index (κ1) is 15.3. The minimum absolute atomic E-state index is 0.0270. The molecule has 0 amide bonds. The van der Waals surface area contributed by atoms with Crippen molar-refractivity contribution < 1.29 is 23.2 Å². The van der Waals surface area contributed by atoms with E-state index in [-0.39, 0.29) is 11.5 Å². The van der Waals surface area contributed by atoms with Crippen molar-refractivity contribution in [2.24, 2.45) is 0 Å². The van der Waals surface area contributed by atoms with Gasteiger partial charge in [-0.2, -0.15) is 13.8 Å². The Morgan fingerprint density at radius 3 is 2.61 bits per heavy atom. The van der Waals surface area contributed by atoms with E-state index >= 15 is 0 Å². The van der Waals surface area contributed by atoms with Crippen molar-refractivity contribution in [3.63, 3.8) is 0 Å². The van der Waals surface area contributed by atoms with Crippen LogP contribution < -0.4 is 4.90 Å². The Hall–Kier alpha value is -2.58. The highest BCUT2D eigenvalue weighted by Crippen LogP contribution is 2.29. The number of carbonyl (C=O) groups is 1. The summed E-state index contributed by atoms with van der Waals surface area (Å²) in [6.45, 7) is 1.31. The van der Waals surface area contributed by atoms with Gasteiger partial charge in [-0.3, -0.25) is 0 Å². The Kier molecular flexibility index (Phi) is 4.18. The molecule has 2 aromatic heterocycles. The first-order valence-corrected chi connectivity index (χ1v) is 7.10. The molecule has 9 heteroatoms. The summed E-state index contributed by atoms with van der Waals surface area (Å²) in [5.74, 6) is -0.687. The van der Waals surface area contributed by atoms with Crippen LogP contribution in [0.15, 0.2) is 22.9 Å². The van der Waals surface area contributed by atoms with E-state index in [0.717, 1.165) is 0 Å². The van der Waals surface area contributed by atoms with Gasteiger partial charge in [-0.15, -0.1) is 0 Å². The van der Waals surface area contributed by atoms with E-state index in [2.05, 4.69) is 19.6 Å². The number of rotatable bonds is 4. The monoisotopic (exact) mass is 324 g/mol. The first-order chi connectivity index (χ1) is 11.0. The molecule has 0 aliphatic carbocycles. The summed E-state index contributed by atoms with van der Waals surface area (Å²) >= 11 is 0. The summed E-state index contributed by atoms with van der Waals surface area (Å²) in [6, 6.07) is 3.16. The average molecular weight is 324 g/mol. The second kappa shape index (κ2) is 6.27. The standard InChI is InChI=1S/C14H14F2N4O3/c15-11(16)13-18-12(19-23-13)8-3-5-20(6-4-8)10-2-1-9(7-17-10)14(21)22/h1-2,7-8,11H,3-6H2,(H,21,22). The smallest absolute Gasteiger partial charge is 0.337 e. The molecule has 23 heavy (non-hydrogen) atoms. The number of nitrogens with zero attached hydrogens (tertiary/aromatic N) is 4. The minimum Gasteiger partial charge on any atom is -0.478 e. The molecular weight excluding hydrogens is 310 g/mol. The number of alkyl halides is 2. The van der Waals surface area contributed by atoms with E-state index in [1.807, 2.05) is 4.90 Å². The topological polar surface area (TPSA) is 92.3 Å². The quantitative estimate of drug-likeness (QED) is 0.923. The van der Waals surface area contributed by atoms with E-state index in [9.17, 15) is 13.6 Å². The van der Waals surface area contributed by atoms with Gasteiger partial charge in [-0.05, 0) is 25.0 Å². The molecule has 0 atom stereocenters. The van der Waals surface area contributed by atoms with Crippen LogP contribution in [0.4, 0.5) is 14.6 Å². The third-order valence-electron chi connectivity index (χ3n) is 3.82. The predicted octanol–water partition coefficient (Wildman–Crippen LogP) is 2.48. The van der Waals surface area contributed by atoms with Gasteiger partial charge in [-0.1, -0.05) is 5.16 Å². The van der Waals surface area contributed by atoms with Crippen LogP contribution in [0.5, 0.6) is 0 Å². The summed E-state index contributed by atoms with van der Waals surface area (Å²) in [5, 5.41) is 12.5. The number of carboxylic acid groups (broad SMARTS) is 1. The molecule has 2 aromatic rings. The number of aromatic nitrogens is 3. The maximum absolute atomic E-state index is 12.5. The van der Waals surface area contributed by atoms with Gasteiger partial charge >= 0.3 is 12.4 Å². The second-order valence-corrected chi connectivity index (χ2v) is 5.26. The van der Waals surface area contributed by atoms with Gasteiger partial charge in [0.25, 0.3) is 5.89 Å². The fourth-order valence-corrected chi connectivity index (χ4v) is 2.57. The second-order valence-electron chi connectivity index (χ2n) is 5.26. The van der Waals surface area contributed by atoms with Crippen LogP contribution >= 0.6 is 0 Å². The van der Waals surface area contributed by atoms with E-state index in [0.29, 0.717) is 37.6 Å². The highest BCUT2D eigenvalue weighted by Gasteiger charge is 2.27. The molecular formula is C14H14F2N4O3. The summed E-state index contributed by atoms with van der Waals surface area (Å²) in [6.07, 6.45) is -0.0687. The lowest BCUT2D eigenvalue weighted by Gasteiger charge is -2.31. The largest absolute Gasteiger partial charge is 0.478 e. The van der Waals surface area contributed by atoms with Crippen molar-refractivity contribution in [3.05, 3.63) is 35.6 Å². The highest BCUT2D eigenvalue weighted by atomic mass is 19.3. The van der Waals surface area contributed by atoms with Crippen LogP contribution in [0, 0.1) is 0 Å². The van der Waals surface area contributed by atoms with Gasteiger partial charge in [0, 0.05) is 25.2 Å². The lowest BCUT2D eigenvalue weighted by atomic mass is 9.96. The molecule has 0 aromatic carbocycles. The van der Waals surface area contributed by atoms with Crippen LogP contribution in [0.3, 0.4) is 0 Å². The van der Waals surface area contributed by atoms with E-state index < -0.39 is 18.3 Å². The summed E-state index contributed by atoms with van der Waals surface area (Å²) < 4.78 is 29.5. The molecule has 1 N–H and O–H groups in total. The van der Waals surface area contributed by atoms with Crippen LogP contribution in [-0.4, -0.2) is 39.3 Å². The molecule has 3 rings (SSSR count). The fourth-order valence-electron chi connectivity index (χ4n) is 2.57. The molecule has 0 saturated carbocycles. The third-order valence-corrected chi connectivity index (χ3v) is 3.82. The summed E-state index contributed by atoms with van der Waals surface area (Å²) in [7, 11) is 0. The van der Waals surface area contributed by atoms with Gasteiger partial charge < -0.3 is 14.5 Å². The fraction of sp³-hybridized carbons (Fsp3) is 0.429. The number of aromatic carboxylic acids is 1. The Morgan fingerprint density at radius 1 is 1.35 bits per heavy atom. The number of piperidine rings is 1. The predicted molar refractivity (Wildman–Crippen MR) is 74.6 cm³/mol. The number of halogens is 2. The Bertz CT molecular complexity index is 682. The first-order valence-electron chi connectivity index (χ1n) is 7.10. The summed E-state index contributed by atoms with van der Waals surface area (Å²) in [4.78, 5) is 20.7. The zero-order valence-corrected chi connectivity index (χ0v) is 12.0. The maximum atomic E-state index is 12.5. The molecule has 0 bridgehead atoms. The minimum atomic E-state index is -2.76. The van der Waals surface area contributed by atoms with Crippen molar-refractivity contribution in [2.75, 3.05) is 18.0 Å². The van der Waals surface area contributed by atoms with Crippen molar-refractivity contribution in [1.82, 2.24) is 15.1 Å². The van der Waals surface area contributed by atoms with Gasteiger partial charge in [0.2, 0.25) is 0 Å². The van der Waals surface area contributed by atoms with Crippen molar-refractivity contribution >= 4 is 11.8 Å². The van der Waals surface area contributed by atoms with E-state index in [1.54, 1.807) is 6.07 Å². The van der Waals surface area contributed by atoms with Crippen LogP contribution in [0.2, 0.25) is 0 Å². The highest BCUT2D eigenvalue weighted by molar-refractivity contribution is 5.87. The lowest BCUT2D eigenvalue weighted by molar-refractivity contribution is 0.0696. The average Bonchev–Trinajstić information content (AvgIpc) is 3.05. The van der Waals surface area contributed by atoms with Gasteiger partial charge in [0.1, 0.15) is 5.82 Å². The normalized spacial score (nSPS) is 16.0. The molecule has 0 spiro atoms. The van der Waals surface area contributed by atoms with Crippen LogP contribution in [0.1, 0.15) is 47.3 Å². The number of hydrogen-bond donors (Lipinski definition) is 1. The number of hydrogen-bond acceptors (Lipinski definition) is 6. The Balaban J connectivity index is 1.62. The zero-order valence-electron chi connectivity index (χ0n) is 12.0. The van der Waals surface area contributed by atoms with Crippen molar-refractivity contribution in [1.29, 1.82) is 0 Å². The van der Waals surface area contributed by atoms with E-state index in [1.165, 1.54) is 12.3 Å². The maximum Gasteiger partial charge on any atom is 0.337 e. The molecule has 0 radical (unpaired) electrons. The molecule has 1 aliphatic rings. The lowest BCUT2D eigenvalue weighted by Crippen LogP contribution is -2.33. The Morgan fingerprint density at radius 2 is 2.09 bits per heavy atom. The molecule has 1 saturated heterocycles. The Labute approximate surface area is 129 Å². The number of carboxylic acids is 1. The summed E-state index contributed by atoms with van der Waals surface area (Å²) in [5.41, 5.74) is 0.134. The van der Waals surface area contributed by atoms with Crippen molar-refractivity contribution in [2.45, 2.75) is 25.2 Å². The van der Waals surface area contributed by atoms with Gasteiger partial charge in [0.05, 0.1) is 5.56 Å². The zero-order chi connectivity index (χ0) is 16.4. The van der Waals surface area contributed by atoms with E-state index in [4.69, 9.17) is 5.11 Å². The molecule has 0 unspecified atom stereocenters. The van der Waals surface area contributed by atoms with Crippen LogP contribution in [0.25, 0.3) is 0 Å². The molecule has 1 fully saturated rings. The van der Waals surface area contributed by atoms with Crippen LogP contribution in [-0.2, 0) is 0 Å². The van der Waals surface area contributed by atoms with Crippen molar-refractivity contribution in [3.8, 4) is 0 Å². The van der Waals surface area contributed by atoms with Gasteiger partial charge in [0.15, 0.2) is 5.82 Å². The molecule has 122 valence electrons. The molecule has 7 nitrogen and oxygen atoms in total. The number of pyridine rings is 1. The molecule has 1 aliphatic heterocycles. The third kappa shape index (κ3) is 3.27. The SMILES string of the molecule is O=C(O)c1ccc(N2CCC(c3noc(C(F)F)n3)CC2)nc1. The number of anilines is 1. The van der Waals surface area contributed by atoms with Gasteiger partial charge in [-0.25, -0.2) is 9.78 Å².